The van der Waals surface area contributed by atoms with Crippen LogP contribution >= 0.6 is 12.2 Å². The SMILES string of the molecule is Cc1ccc(S(=O)(=O)N2CCC[C@@H]2c2ccc[nH]c2=S)cc1. The van der Waals surface area contributed by atoms with Crippen molar-refractivity contribution in [1.82, 2.24) is 9.29 Å². The molecule has 1 N–H and O–H groups in total. The Hall–Kier alpha value is -1.50. The first kappa shape index (κ1) is 15.4. The predicted octanol–water partition coefficient (Wildman–Crippen LogP) is 3.58. The molecule has 0 amide bonds. The standard InChI is InChI=1S/C16H18N2O2S2/c1-12-6-8-13(9-7-12)22(19,20)18-11-3-5-15(18)14-4-2-10-17-16(14)21/h2,4,6-10,15H,3,5,11H2,1H3,(H,17,21)/t15-/m1/s1. The molecule has 1 aromatic carbocycles. The molecule has 0 spiro atoms. The van der Waals surface area contributed by atoms with Gasteiger partial charge in [0.25, 0.3) is 0 Å². The molecule has 3 rings (SSSR count). The van der Waals surface area contributed by atoms with E-state index in [1.54, 1.807) is 22.6 Å². The summed E-state index contributed by atoms with van der Waals surface area (Å²) < 4.78 is 28.0. The fourth-order valence-electron chi connectivity index (χ4n) is 2.88. The molecule has 2 heterocycles. The Labute approximate surface area is 135 Å². The van der Waals surface area contributed by atoms with Gasteiger partial charge in [-0.05, 0) is 38.0 Å². The van der Waals surface area contributed by atoms with Gasteiger partial charge in [0.1, 0.15) is 4.64 Å². The van der Waals surface area contributed by atoms with Crippen molar-refractivity contribution in [3.63, 3.8) is 0 Å². The molecule has 6 heteroatoms. The van der Waals surface area contributed by atoms with Gasteiger partial charge in [0.05, 0.1) is 10.9 Å². The fourth-order valence-corrected chi connectivity index (χ4v) is 4.83. The van der Waals surface area contributed by atoms with Gasteiger partial charge in [0, 0.05) is 18.3 Å². The zero-order chi connectivity index (χ0) is 15.7. The lowest BCUT2D eigenvalue weighted by Gasteiger charge is -2.24. The number of hydrogen-bond donors (Lipinski definition) is 1. The van der Waals surface area contributed by atoms with Crippen molar-refractivity contribution in [3.05, 3.63) is 58.4 Å². The molecule has 116 valence electrons. The highest BCUT2D eigenvalue weighted by Crippen LogP contribution is 2.36. The number of rotatable bonds is 3. The summed E-state index contributed by atoms with van der Waals surface area (Å²) >= 11 is 5.32. The van der Waals surface area contributed by atoms with E-state index in [1.165, 1.54) is 0 Å². The molecule has 1 atom stereocenters. The van der Waals surface area contributed by atoms with E-state index in [9.17, 15) is 8.42 Å². The van der Waals surface area contributed by atoms with Gasteiger partial charge in [-0.3, -0.25) is 0 Å². The van der Waals surface area contributed by atoms with Crippen molar-refractivity contribution in [1.29, 1.82) is 0 Å². The number of pyridine rings is 1. The Morgan fingerprint density at radius 1 is 1.23 bits per heavy atom. The lowest BCUT2D eigenvalue weighted by molar-refractivity contribution is 0.395. The molecule has 1 aliphatic heterocycles. The van der Waals surface area contributed by atoms with Gasteiger partial charge in [-0.25, -0.2) is 8.42 Å². The molecule has 1 aliphatic rings. The first-order valence-electron chi connectivity index (χ1n) is 7.26. The summed E-state index contributed by atoms with van der Waals surface area (Å²) in [5.41, 5.74) is 1.92. The van der Waals surface area contributed by atoms with Crippen molar-refractivity contribution < 1.29 is 8.42 Å². The summed E-state index contributed by atoms with van der Waals surface area (Å²) in [4.78, 5) is 3.33. The molecule has 1 saturated heterocycles. The third-order valence-electron chi connectivity index (χ3n) is 4.04. The quantitative estimate of drug-likeness (QED) is 0.873. The molecule has 0 aliphatic carbocycles. The Morgan fingerprint density at radius 3 is 2.64 bits per heavy atom. The highest BCUT2D eigenvalue weighted by molar-refractivity contribution is 7.89. The fraction of sp³-hybridized carbons (Fsp3) is 0.312. The zero-order valence-electron chi connectivity index (χ0n) is 12.3. The number of aryl methyl sites for hydroxylation is 1. The largest absolute Gasteiger partial charge is 0.353 e. The van der Waals surface area contributed by atoms with Crippen LogP contribution in [0.5, 0.6) is 0 Å². The zero-order valence-corrected chi connectivity index (χ0v) is 14.0. The molecule has 1 fully saturated rings. The first-order chi connectivity index (χ1) is 10.5. The average Bonchev–Trinajstić information content (AvgIpc) is 2.98. The maximum Gasteiger partial charge on any atom is 0.243 e. The number of aromatic amines is 1. The van der Waals surface area contributed by atoms with E-state index in [0.717, 1.165) is 24.0 Å². The minimum atomic E-state index is -3.50. The lowest BCUT2D eigenvalue weighted by atomic mass is 10.1. The summed E-state index contributed by atoms with van der Waals surface area (Å²) in [6, 6.07) is 10.6. The Balaban J connectivity index is 2.01. The van der Waals surface area contributed by atoms with Gasteiger partial charge in [0.15, 0.2) is 0 Å². The molecule has 4 nitrogen and oxygen atoms in total. The summed E-state index contributed by atoms with van der Waals surface area (Å²) in [5.74, 6) is 0. The van der Waals surface area contributed by atoms with E-state index >= 15 is 0 Å². The second-order valence-electron chi connectivity index (χ2n) is 5.54. The average molecular weight is 334 g/mol. The molecule has 0 unspecified atom stereocenters. The molecule has 0 saturated carbocycles. The molecular weight excluding hydrogens is 316 g/mol. The van der Waals surface area contributed by atoms with Gasteiger partial charge < -0.3 is 4.98 Å². The monoisotopic (exact) mass is 334 g/mol. The van der Waals surface area contributed by atoms with E-state index in [4.69, 9.17) is 12.2 Å². The maximum absolute atomic E-state index is 12.9. The van der Waals surface area contributed by atoms with Crippen molar-refractivity contribution >= 4 is 22.2 Å². The van der Waals surface area contributed by atoms with Gasteiger partial charge >= 0.3 is 0 Å². The van der Waals surface area contributed by atoms with Crippen molar-refractivity contribution in [2.75, 3.05) is 6.54 Å². The molecule has 2 aromatic rings. The predicted molar refractivity (Wildman–Crippen MR) is 88.7 cm³/mol. The number of sulfonamides is 1. The number of benzene rings is 1. The highest BCUT2D eigenvalue weighted by Gasteiger charge is 2.36. The van der Waals surface area contributed by atoms with E-state index < -0.39 is 10.0 Å². The van der Waals surface area contributed by atoms with Crippen LogP contribution < -0.4 is 0 Å². The van der Waals surface area contributed by atoms with Crippen LogP contribution in [-0.2, 0) is 10.0 Å². The second-order valence-corrected chi connectivity index (χ2v) is 7.84. The molecule has 0 bridgehead atoms. The highest BCUT2D eigenvalue weighted by atomic mass is 32.2. The normalized spacial score (nSPS) is 19.4. The number of aromatic nitrogens is 1. The number of H-pyrrole nitrogens is 1. The molecular formula is C16H18N2O2S2. The lowest BCUT2D eigenvalue weighted by Crippen LogP contribution is -2.30. The number of nitrogens with one attached hydrogen (secondary N) is 1. The molecule has 1 aromatic heterocycles. The van der Waals surface area contributed by atoms with Crippen LogP contribution in [0.1, 0.15) is 30.0 Å². The van der Waals surface area contributed by atoms with Crippen LogP contribution in [0.4, 0.5) is 0 Å². The van der Waals surface area contributed by atoms with Gasteiger partial charge in [0.2, 0.25) is 10.0 Å². The van der Waals surface area contributed by atoms with E-state index in [0.29, 0.717) is 16.1 Å². The third-order valence-corrected chi connectivity index (χ3v) is 6.31. The van der Waals surface area contributed by atoms with Crippen LogP contribution in [-0.4, -0.2) is 24.3 Å². The summed E-state index contributed by atoms with van der Waals surface area (Å²) in [6.45, 7) is 2.48. The summed E-state index contributed by atoms with van der Waals surface area (Å²) in [6.07, 6.45) is 3.41. The minimum Gasteiger partial charge on any atom is -0.353 e. The van der Waals surface area contributed by atoms with Crippen LogP contribution in [0.25, 0.3) is 0 Å². The van der Waals surface area contributed by atoms with Crippen molar-refractivity contribution in [2.45, 2.75) is 30.7 Å². The summed E-state index contributed by atoms with van der Waals surface area (Å²) in [7, 11) is -3.50. The topological polar surface area (TPSA) is 53.2 Å². The Morgan fingerprint density at radius 2 is 1.95 bits per heavy atom. The number of hydrogen-bond acceptors (Lipinski definition) is 3. The molecule has 22 heavy (non-hydrogen) atoms. The number of nitrogens with zero attached hydrogens (tertiary/aromatic N) is 1. The van der Waals surface area contributed by atoms with E-state index in [2.05, 4.69) is 4.98 Å². The van der Waals surface area contributed by atoms with Crippen LogP contribution in [0, 0.1) is 11.6 Å². The van der Waals surface area contributed by atoms with Gasteiger partial charge in [-0.15, -0.1) is 0 Å². The first-order valence-corrected chi connectivity index (χ1v) is 9.11. The van der Waals surface area contributed by atoms with Gasteiger partial charge in [-0.1, -0.05) is 36.0 Å². The van der Waals surface area contributed by atoms with Crippen LogP contribution in [0.2, 0.25) is 0 Å². The minimum absolute atomic E-state index is 0.184. The van der Waals surface area contributed by atoms with Crippen molar-refractivity contribution in [2.24, 2.45) is 0 Å². The van der Waals surface area contributed by atoms with E-state index in [1.807, 2.05) is 31.2 Å². The maximum atomic E-state index is 12.9. The van der Waals surface area contributed by atoms with Gasteiger partial charge in [-0.2, -0.15) is 4.31 Å². The van der Waals surface area contributed by atoms with E-state index in [-0.39, 0.29) is 6.04 Å². The smallest absolute Gasteiger partial charge is 0.243 e. The Bertz CT molecular complexity index is 826. The third kappa shape index (κ3) is 2.74. The van der Waals surface area contributed by atoms with Crippen LogP contribution in [0.15, 0.2) is 47.5 Å². The molecule has 0 radical (unpaired) electrons. The Kier molecular flexibility index (Phi) is 4.16. The summed E-state index contributed by atoms with van der Waals surface area (Å²) in [5, 5.41) is 0. The second kappa shape index (κ2) is 5.95. The van der Waals surface area contributed by atoms with Crippen LogP contribution in [0.3, 0.4) is 0 Å². The van der Waals surface area contributed by atoms with Crippen molar-refractivity contribution in [3.8, 4) is 0 Å².